The number of fused-ring (bicyclic) bond motifs is 1. The van der Waals surface area contributed by atoms with Crippen LogP contribution in [-0.4, -0.2) is 20.3 Å². The predicted octanol–water partition coefficient (Wildman–Crippen LogP) is 5.47. The van der Waals surface area contributed by atoms with Gasteiger partial charge in [-0.2, -0.15) is 0 Å². The summed E-state index contributed by atoms with van der Waals surface area (Å²) in [6.07, 6.45) is 3.32. The Bertz CT molecular complexity index is 1340. The van der Waals surface area contributed by atoms with Crippen molar-refractivity contribution in [1.82, 2.24) is 14.6 Å². The molecule has 0 aliphatic rings. The van der Waals surface area contributed by atoms with Crippen molar-refractivity contribution >= 4 is 39.5 Å². The Morgan fingerprint density at radius 2 is 1.91 bits per heavy atom. The number of pyridine rings is 1. The zero-order valence-electron chi connectivity index (χ0n) is 18.7. The number of furan rings is 1. The first kappa shape index (κ1) is 23.3. The number of nitrogens with zero attached hydrogens (tertiary/aromatic N) is 2. The van der Waals surface area contributed by atoms with Crippen LogP contribution in [0.25, 0.3) is 10.9 Å². The van der Waals surface area contributed by atoms with Gasteiger partial charge in [-0.25, -0.2) is 0 Å². The average molecular weight is 502 g/mol. The molecule has 0 aliphatic carbocycles. The minimum Gasteiger partial charge on any atom is -0.593 e. The first-order valence-electron chi connectivity index (χ1n) is 11.1. The number of hydrogen-bond donors (Lipinski definition) is 1. The molecule has 1 N–H and O–H groups in total. The maximum atomic E-state index is 14.0. The lowest BCUT2D eigenvalue weighted by atomic mass is 10.1. The van der Waals surface area contributed by atoms with E-state index in [0.29, 0.717) is 23.7 Å². The van der Waals surface area contributed by atoms with E-state index in [9.17, 15) is 9.35 Å². The molecule has 8 heteroatoms. The van der Waals surface area contributed by atoms with Crippen molar-refractivity contribution in [2.45, 2.75) is 24.0 Å². The molecule has 1 unspecified atom stereocenters. The van der Waals surface area contributed by atoms with Gasteiger partial charge in [-0.15, -0.1) is 16.1 Å². The van der Waals surface area contributed by atoms with Crippen molar-refractivity contribution < 1.29 is 13.8 Å². The maximum absolute atomic E-state index is 14.0. The van der Waals surface area contributed by atoms with E-state index < -0.39 is 17.4 Å². The number of hydrogen-bond acceptors (Lipinski definition) is 6. The van der Waals surface area contributed by atoms with Crippen LogP contribution in [0.4, 0.5) is 0 Å². The lowest BCUT2D eigenvalue weighted by Crippen LogP contribution is -2.42. The summed E-state index contributed by atoms with van der Waals surface area (Å²) in [6.45, 7) is 0.736. The Morgan fingerprint density at radius 3 is 2.69 bits per heavy atom. The van der Waals surface area contributed by atoms with Crippen molar-refractivity contribution in [2.75, 3.05) is 0 Å². The first-order chi connectivity index (χ1) is 17.2. The van der Waals surface area contributed by atoms with E-state index in [2.05, 4.69) is 9.71 Å². The summed E-state index contributed by atoms with van der Waals surface area (Å²) >= 11 is -0.0408. The van der Waals surface area contributed by atoms with Crippen molar-refractivity contribution in [1.29, 1.82) is 0 Å². The lowest BCUT2D eigenvalue weighted by molar-refractivity contribution is -0.134. The standard InChI is InChI=1S/C27H23N3O3S2/c31-27(30(18-22-10-5-15-33-22)19-23-11-6-16-34-23)26(20-7-2-1-3-8-20)29-35(32)24-12-13-25-21(17-24)9-4-14-28-25/h1-17,26,29H,18-19H2/t26-,35?/m0/s1. The molecule has 3 heterocycles. The Balaban J connectivity index is 1.45. The smallest absolute Gasteiger partial charge is 0.249 e. The molecule has 0 spiro atoms. The molecule has 5 rings (SSSR count). The van der Waals surface area contributed by atoms with Gasteiger partial charge in [0.15, 0.2) is 10.9 Å². The fourth-order valence-electron chi connectivity index (χ4n) is 3.83. The summed E-state index contributed by atoms with van der Waals surface area (Å²) < 4.78 is 22.0. The van der Waals surface area contributed by atoms with Gasteiger partial charge in [0.1, 0.15) is 5.76 Å². The van der Waals surface area contributed by atoms with Gasteiger partial charge in [0, 0.05) is 22.5 Å². The molecular weight excluding hydrogens is 478 g/mol. The molecule has 2 aromatic carbocycles. The van der Waals surface area contributed by atoms with E-state index in [1.54, 1.807) is 40.8 Å². The van der Waals surface area contributed by atoms with Crippen molar-refractivity contribution in [2.24, 2.45) is 0 Å². The minimum atomic E-state index is -1.63. The lowest BCUT2D eigenvalue weighted by Gasteiger charge is -2.27. The molecular formula is C27H23N3O3S2. The fourth-order valence-corrected chi connectivity index (χ4v) is 5.56. The number of carbonyl (C=O) groups is 1. The molecule has 176 valence electrons. The van der Waals surface area contributed by atoms with Crippen LogP contribution in [0.2, 0.25) is 0 Å². The van der Waals surface area contributed by atoms with Crippen LogP contribution in [0.5, 0.6) is 0 Å². The summed E-state index contributed by atoms with van der Waals surface area (Å²) in [4.78, 5) is 21.6. The second kappa shape index (κ2) is 10.9. The number of rotatable bonds is 9. The van der Waals surface area contributed by atoms with Crippen LogP contribution >= 0.6 is 11.3 Å². The molecule has 3 aromatic heterocycles. The van der Waals surface area contributed by atoms with E-state index in [0.717, 1.165) is 21.3 Å². The van der Waals surface area contributed by atoms with E-state index in [-0.39, 0.29) is 5.91 Å². The number of carbonyl (C=O) groups excluding carboxylic acids is 1. The molecule has 0 saturated carbocycles. The SMILES string of the molecule is O=C([C@@H](N[S+]([O-])c1ccc2ncccc2c1)c1ccccc1)N(Cc1ccco1)Cc1cccs1. The Morgan fingerprint density at radius 1 is 1.03 bits per heavy atom. The summed E-state index contributed by atoms with van der Waals surface area (Å²) in [5.41, 5.74) is 1.56. The molecule has 35 heavy (non-hydrogen) atoms. The van der Waals surface area contributed by atoms with Crippen molar-refractivity contribution in [3.63, 3.8) is 0 Å². The quantitative estimate of drug-likeness (QED) is 0.271. The van der Waals surface area contributed by atoms with E-state index in [4.69, 9.17) is 4.42 Å². The van der Waals surface area contributed by atoms with E-state index in [1.807, 2.05) is 78.2 Å². The number of aromatic nitrogens is 1. The Hall–Kier alpha value is -3.43. The highest BCUT2D eigenvalue weighted by Crippen LogP contribution is 2.25. The van der Waals surface area contributed by atoms with Gasteiger partial charge in [0.2, 0.25) is 5.91 Å². The van der Waals surface area contributed by atoms with Crippen molar-refractivity contribution in [3.8, 4) is 0 Å². The Labute approximate surface area is 210 Å². The van der Waals surface area contributed by atoms with Crippen LogP contribution in [0.15, 0.2) is 112 Å². The summed E-state index contributed by atoms with van der Waals surface area (Å²) in [7, 11) is 0. The molecule has 0 fully saturated rings. The highest BCUT2D eigenvalue weighted by molar-refractivity contribution is 7.89. The molecule has 6 nitrogen and oxygen atoms in total. The zero-order valence-corrected chi connectivity index (χ0v) is 20.4. The van der Waals surface area contributed by atoms with Crippen LogP contribution in [-0.2, 0) is 29.2 Å². The summed E-state index contributed by atoms with van der Waals surface area (Å²) in [6, 6.07) is 25.4. The van der Waals surface area contributed by atoms with Gasteiger partial charge in [-0.1, -0.05) is 42.5 Å². The Kier molecular flexibility index (Phi) is 7.25. The normalized spacial score (nSPS) is 12.9. The van der Waals surface area contributed by atoms with E-state index in [1.165, 1.54) is 0 Å². The third-order valence-corrected chi connectivity index (χ3v) is 7.55. The van der Waals surface area contributed by atoms with Gasteiger partial charge >= 0.3 is 0 Å². The third kappa shape index (κ3) is 5.63. The second-order valence-corrected chi connectivity index (χ2v) is 10.2. The third-order valence-electron chi connectivity index (χ3n) is 5.56. The predicted molar refractivity (Wildman–Crippen MR) is 138 cm³/mol. The molecule has 5 aromatic rings. The van der Waals surface area contributed by atoms with Gasteiger partial charge in [0.05, 0.1) is 36.2 Å². The monoisotopic (exact) mass is 501 g/mol. The van der Waals surface area contributed by atoms with Gasteiger partial charge in [-0.3, -0.25) is 9.78 Å². The topological polar surface area (TPSA) is 81.4 Å². The zero-order chi connectivity index (χ0) is 24.0. The van der Waals surface area contributed by atoms with Gasteiger partial charge in [0.25, 0.3) is 0 Å². The number of nitrogens with one attached hydrogen (secondary N) is 1. The highest BCUT2D eigenvalue weighted by Gasteiger charge is 2.31. The van der Waals surface area contributed by atoms with Crippen LogP contribution in [0.3, 0.4) is 0 Å². The maximum Gasteiger partial charge on any atom is 0.249 e. The summed E-state index contributed by atoms with van der Waals surface area (Å²) in [5, 5.41) is 2.88. The van der Waals surface area contributed by atoms with Gasteiger partial charge < -0.3 is 13.9 Å². The molecule has 1 amide bonds. The molecule has 0 radical (unpaired) electrons. The average Bonchev–Trinajstić information content (AvgIpc) is 3.61. The largest absolute Gasteiger partial charge is 0.593 e. The number of amides is 1. The fraction of sp³-hybridized carbons (Fsp3) is 0.111. The van der Waals surface area contributed by atoms with Gasteiger partial charge in [-0.05, 0) is 47.3 Å². The van der Waals surface area contributed by atoms with Crippen LogP contribution < -0.4 is 4.72 Å². The van der Waals surface area contributed by atoms with Crippen LogP contribution in [0, 0.1) is 0 Å². The molecule has 0 bridgehead atoms. The number of thiophene rings is 1. The number of benzene rings is 2. The molecule has 0 aliphatic heterocycles. The minimum absolute atomic E-state index is 0.184. The molecule has 2 atom stereocenters. The first-order valence-corrected chi connectivity index (χ1v) is 13.1. The molecule has 0 saturated heterocycles. The van der Waals surface area contributed by atoms with E-state index >= 15 is 0 Å². The summed E-state index contributed by atoms with van der Waals surface area (Å²) in [5.74, 6) is 0.502. The second-order valence-electron chi connectivity index (χ2n) is 7.94. The highest BCUT2D eigenvalue weighted by atomic mass is 32.2. The van der Waals surface area contributed by atoms with Crippen molar-refractivity contribution in [3.05, 3.63) is 119 Å². The van der Waals surface area contributed by atoms with Crippen LogP contribution in [0.1, 0.15) is 22.2 Å².